The second-order valence-electron chi connectivity index (χ2n) is 5.83. The molecule has 2 bridgehead atoms. The maximum absolute atomic E-state index is 12.7. The summed E-state index contributed by atoms with van der Waals surface area (Å²) in [5.74, 6) is 0.403. The number of halogens is 1. The van der Waals surface area contributed by atoms with E-state index in [0.717, 1.165) is 6.42 Å². The van der Waals surface area contributed by atoms with Gasteiger partial charge in [-0.05, 0) is 36.5 Å². The summed E-state index contributed by atoms with van der Waals surface area (Å²) in [5.41, 5.74) is 0.532. The standard InChI is InChI=1S/C16H14ClNO3/c1-21-12-5-4-10(7-11(12)17)18-15(19)13-8-2-3-9(6-8)14(13)16(18)20/h2-5,7-9,13-14H,6H2,1H3/t8-,9-,13-,14-/m0/s1. The van der Waals surface area contributed by atoms with Crippen LogP contribution in [-0.4, -0.2) is 18.9 Å². The van der Waals surface area contributed by atoms with Gasteiger partial charge in [-0.1, -0.05) is 23.8 Å². The van der Waals surface area contributed by atoms with Gasteiger partial charge in [-0.15, -0.1) is 0 Å². The number of hydrogen-bond donors (Lipinski definition) is 0. The third kappa shape index (κ3) is 1.62. The molecule has 1 saturated carbocycles. The van der Waals surface area contributed by atoms with Crippen LogP contribution in [0.3, 0.4) is 0 Å². The average molecular weight is 304 g/mol. The van der Waals surface area contributed by atoms with Gasteiger partial charge < -0.3 is 4.74 Å². The molecular weight excluding hydrogens is 290 g/mol. The van der Waals surface area contributed by atoms with E-state index in [2.05, 4.69) is 12.2 Å². The van der Waals surface area contributed by atoms with Crippen LogP contribution in [-0.2, 0) is 9.59 Å². The zero-order chi connectivity index (χ0) is 14.7. The molecule has 4 rings (SSSR count). The number of benzene rings is 1. The molecule has 108 valence electrons. The third-order valence-electron chi connectivity index (χ3n) is 4.86. The molecular formula is C16H14ClNO3. The second-order valence-corrected chi connectivity index (χ2v) is 6.24. The molecule has 0 unspecified atom stereocenters. The van der Waals surface area contributed by atoms with Crippen molar-refractivity contribution in [3.05, 3.63) is 35.4 Å². The number of methoxy groups -OCH3 is 1. The molecule has 4 nitrogen and oxygen atoms in total. The average Bonchev–Trinajstić information content (AvgIpc) is 3.13. The van der Waals surface area contributed by atoms with Gasteiger partial charge in [0, 0.05) is 0 Å². The quantitative estimate of drug-likeness (QED) is 0.623. The highest BCUT2D eigenvalue weighted by Gasteiger charge is 2.59. The number of carbonyl (C=O) groups excluding carboxylic acids is 2. The number of fused-ring (bicyclic) bond motifs is 5. The highest BCUT2D eigenvalue weighted by atomic mass is 35.5. The number of allylic oxidation sites excluding steroid dienone is 2. The van der Waals surface area contributed by atoms with E-state index in [4.69, 9.17) is 16.3 Å². The predicted molar refractivity (Wildman–Crippen MR) is 78.2 cm³/mol. The van der Waals surface area contributed by atoms with Crippen molar-refractivity contribution in [2.75, 3.05) is 12.0 Å². The van der Waals surface area contributed by atoms with E-state index in [-0.39, 0.29) is 35.5 Å². The number of rotatable bonds is 2. The van der Waals surface area contributed by atoms with Crippen LogP contribution in [0.1, 0.15) is 6.42 Å². The predicted octanol–water partition coefficient (Wildman–Crippen LogP) is 2.66. The van der Waals surface area contributed by atoms with Crippen LogP contribution in [0.5, 0.6) is 5.75 Å². The monoisotopic (exact) mass is 303 g/mol. The van der Waals surface area contributed by atoms with Crippen molar-refractivity contribution in [3.63, 3.8) is 0 Å². The summed E-state index contributed by atoms with van der Waals surface area (Å²) >= 11 is 6.11. The minimum Gasteiger partial charge on any atom is -0.495 e. The lowest BCUT2D eigenvalue weighted by atomic mass is 9.85. The molecule has 2 aliphatic carbocycles. The topological polar surface area (TPSA) is 46.6 Å². The lowest BCUT2D eigenvalue weighted by molar-refractivity contribution is -0.123. The Bertz CT molecular complexity index is 654. The number of nitrogens with zero attached hydrogens (tertiary/aromatic N) is 1. The molecule has 0 aromatic heterocycles. The minimum atomic E-state index is -0.187. The van der Waals surface area contributed by atoms with E-state index in [0.29, 0.717) is 16.5 Å². The SMILES string of the molecule is COc1ccc(N2C(=O)[C@@H]3[C@@H](C2=O)[C@H]2C=C[C@H]3C2)cc1Cl. The minimum absolute atomic E-state index is 0.0944. The lowest BCUT2D eigenvalue weighted by Crippen LogP contribution is -2.32. The molecule has 4 atom stereocenters. The summed E-state index contributed by atoms with van der Waals surface area (Å²) in [6.45, 7) is 0. The Morgan fingerprint density at radius 2 is 1.76 bits per heavy atom. The molecule has 1 aliphatic heterocycles. The fourth-order valence-electron chi connectivity index (χ4n) is 3.95. The van der Waals surface area contributed by atoms with Crippen molar-refractivity contribution in [2.45, 2.75) is 6.42 Å². The molecule has 1 aromatic rings. The summed E-state index contributed by atoms with van der Waals surface area (Å²) in [6.07, 6.45) is 5.10. The Morgan fingerprint density at radius 3 is 2.29 bits per heavy atom. The zero-order valence-electron chi connectivity index (χ0n) is 11.5. The molecule has 1 aromatic carbocycles. The van der Waals surface area contributed by atoms with Gasteiger partial charge in [-0.25, -0.2) is 4.90 Å². The van der Waals surface area contributed by atoms with Gasteiger partial charge in [-0.2, -0.15) is 0 Å². The summed E-state index contributed by atoms with van der Waals surface area (Å²) < 4.78 is 5.10. The van der Waals surface area contributed by atoms with Gasteiger partial charge in [0.25, 0.3) is 0 Å². The highest BCUT2D eigenvalue weighted by molar-refractivity contribution is 6.33. The number of ether oxygens (including phenoxy) is 1. The molecule has 21 heavy (non-hydrogen) atoms. The van der Waals surface area contributed by atoms with E-state index in [1.54, 1.807) is 18.2 Å². The first-order valence-electron chi connectivity index (χ1n) is 7.01. The number of anilines is 1. The molecule has 1 saturated heterocycles. The first kappa shape index (κ1) is 12.9. The van der Waals surface area contributed by atoms with Crippen molar-refractivity contribution in [3.8, 4) is 5.75 Å². The Kier molecular flexibility index (Phi) is 2.67. The number of imide groups is 1. The zero-order valence-corrected chi connectivity index (χ0v) is 12.2. The maximum Gasteiger partial charge on any atom is 0.238 e. The van der Waals surface area contributed by atoms with Gasteiger partial charge in [-0.3, -0.25) is 9.59 Å². The van der Waals surface area contributed by atoms with Crippen LogP contribution in [0, 0.1) is 23.7 Å². The van der Waals surface area contributed by atoms with E-state index < -0.39 is 0 Å². The van der Waals surface area contributed by atoms with Crippen LogP contribution in [0.2, 0.25) is 5.02 Å². The van der Waals surface area contributed by atoms with Crippen LogP contribution in [0.15, 0.2) is 30.4 Å². The fourth-order valence-corrected chi connectivity index (χ4v) is 4.20. The van der Waals surface area contributed by atoms with Crippen LogP contribution >= 0.6 is 11.6 Å². The summed E-state index contributed by atoms with van der Waals surface area (Å²) in [6, 6.07) is 5.00. The Morgan fingerprint density at radius 1 is 1.14 bits per heavy atom. The number of amides is 2. The number of hydrogen-bond acceptors (Lipinski definition) is 3. The second kappa shape index (κ2) is 4.34. The van der Waals surface area contributed by atoms with Crippen molar-refractivity contribution >= 4 is 29.1 Å². The van der Waals surface area contributed by atoms with Crippen molar-refractivity contribution in [2.24, 2.45) is 23.7 Å². The normalized spacial score (nSPS) is 33.0. The smallest absolute Gasteiger partial charge is 0.238 e. The van der Waals surface area contributed by atoms with Crippen molar-refractivity contribution < 1.29 is 14.3 Å². The molecule has 2 fully saturated rings. The van der Waals surface area contributed by atoms with Gasteiger partial charge in [0.15, 0.2) is 0 Å². The van der Waals surface area contributed by atoms with Crippen LogP contribution < -0.4 is 9.64 Å². The van der Waals surface area contributed by atoms with Gasteiger partial charge in [0.1, 0.15) is 5.75 Å². The van der Waals surface area contributed by atoms with Gasteiger partial charge in [0.2, 0.25) is 11.8 Å². The van der Waals surface area contributed by atoms with Gasteiger partial charge >= 0.3 is 0 Å². The molecule has 0 radical (unpaired) electrons. The third-order valence-corrected chi connectivity index (χ3v) is 5.16. The first-order valence-corrected chi connectivity index (χ1v) is 7.39. The van der Waals surface area contributed by atoms with Crippen LogP contribution in [0.4, 0.5) is 5.69 Å². The van der Waals surface area contributed by atoms with Gasteiger partial charge in [0.05, 0.1) is 29.7 Å². The molecule has 0 N–H and O–H groups in total. The van der Waals surface area contributed by atoms with Crippen molar-refractivity contribution in [1.82, 2.24) is 0 Å². The van der Waals surface area contributed by atoms with Crippen molar-refractivity contribution in [1.29, 1.82) is 0 Å². The lowest BCUT2D eigenvalue weighted by Gasteiger charge is -2.18. The van der Waals surface area contributed by atoms with E-state index >= 15 is 0 Å². The van der Waals surface area contributed by atoms with E-state index in [1.165, 1.54) is 12.0 Å². The summed E-state index contributed by atoms with van der Waals surface area (Å²) in [5, 5.41) is 0.397. The Hall–Kier alpha value is -1.81. The molecule has 3 aliphatic rings. The van der Waals surface area contributed by atoms with Crippen LogP contribution in [0.25, 0.3) is 0 Å². The number of carbonyl (C=O) groups is 2. The molecule has 5 heteroatoms. The molecule has 1 heterocycles. The van der Waals surface area contributed by atoms with E-state index in [9.17, 15) is 9.59 Å². The van der Waals surface area contributed by atoms with E-state index in [1.807, 2.05) is 0 Å². The summed E-state index contributed by atoms with van der Waals surface area (Å²) in [7, 11) is 1.53. The first-order chi connectivity index (χ1) is 10.1. The Balaban J connectivity index is 1.72. The maximum atomic E-state index is 12.7. The largest absolute Gasteiger partial charge is 0.495 e. The molecule has 0 spiro atoms. The Labute approximate surface area is 127 Å². The molecule has 2 amide bonds. The summed E-state index contributed by atoms with van der Waals surface area (Å²) in [4.78, 5) is 26.6. The highest BCUT2D eigenvalue weighted by Crippen LogP contribution is 2.53. The fraction of sp³-hybridized carbons (Fsp3) is 0.375.